The highest BCUT2D eigenvalue weighted by Crippen LogP contribution is 2.10. The van der Waals surface area contributed by atoms with Crippen LogP contribution in [0.4, 0.5) is 0 Å². The van der Waals surface area contributed by atoms with Crippen LogP contribution in [0.1, 0.15) is 25.8 Å². The Kier molecular flexibility index (Phi) is 4.99. The predicted molar refractivity (Wildman–Crippen MR) is 60.6 cm³/mol. The van der Waals surface area contributed by atoms with E-state index in [1.165, 1.54) is 5.56 Å². The summed E-state index contributed by atoms with van der Waals surface area (Å²) < 4.78 is 5.53. The molecule has 78 valence electrons. The van der Waals surface area contributed by atoms with E-state index in [2.05, 4.69) is 13.8 Å². The molecule has 0 amide bonds. The molecular weight excluding hydrogens is 196 g/mol. The van der Waals surface area contributed by atoms with Gasteiger partial charge in [-0.15, -0.1) is 0 Å². The van der Waals surface area contributed by atoms with Crippen LogP contribution in [-0.4, -0.2) is 6.61 Å². The third-order valence-corrected chi connectivity index (χ3v) is 2.27. The normalized spacial score (nSPS) is 10.9. The van der Waals surface area contributed by atoms with Gasteiger partial charge in [0.15, 0.2) is 0 Å². The predicted octanol–water partition coefficient (Wildman–Crippen LogP) is 3.90. The van der Waals surface area contributed by atoms with E-state index < -0.39 is 0 Å². The maximum absolute atomic E-state index is 5.77. The summed E-state index contributed by atoms with van der Waals surface area (Å²) in [5, 5.41) is 0.774. The van der Waals surface area contributed by atoms with Gasteiger partial charge >= 0.3 is 0 Å². The Balaban J connectivity index is 2.21. The Morgan fingerprint density at radius 1 is 1.21 bits per heavy atom. The first-order valence-corrected chi connectivity index (χ1v) is 5.38. The molecule has 0 unspecified atom stereocenters. The van der Waals surface area contributed by atoms with Gasteiger partial charge < -0.3 is 4.74 Å². The second kappa shape index (κ2) is 6.05. The summed E-state index contributed by atoms with van der Waals surface area (Å²) in [7, 11) is 0. The van der Waals surface area contributed by atoms with Crippen LogP contribution in [0.25, 0.3) is 0 Å². The van der Waals surface area contributed by atoms with Crippen molar-refractivity contribution in [2.24, 2.45) is 5.92 Å². The van der Waals surface area contributed by atoms with Gasteiger partial charge in [-0.25, -0.2) is 0 Å². The smallest absolute Gasteiger partial charge is 0.0716 e. The Morgan fingerprint density at radius 2 is 1.86 bits per heavy atom. The number of ether oxygens (including phenoxy) is 1. The monoisotopic (exact) mass is 212 g/mol. The van der Waals surface area contributed by atoms with Gasteiger partial charge in [0.05, 0.1) is 6.61 Å². The van der Waals surface area contributed by atoms with E-state index in [1.807, 2.05) is 24.3 Å². The Bertz CT molecular complexity index is 254. The van der Waals surface area contributed by atoms with Crippen molar-refractivity contribution in [3.8, 4) is 0 Å². The highest BCUT2D eigenvalue weighted by Gasteiger charge is 1.95. The van der Waals surface area contributed by atoms with Crippen LogP contribution in [0.2, 0.25) is 5.02 Å². The van der Waals surface area contributed by atoms with Crippen molar-refractivity contribution in [2.75, 3.05) is 6.61 Å². The summed E-state index contributed by atoms with van der Waals surface area (Å²) in [6, 6.07) is 7.78. The minimum atomic E-state index is 0.684. The molecule has 0 N–H and O–H groups in total. The summed E-state index contributed by atoms with van der Waals surface area (Å²) in [5.74, 6) is 0.709. The van der Waals surface area contributed by atoms with Crippen LogP contribution < -0.4 is 0 Å². The lowest BCUT2D eigenvalue weighted by Gasteiger charge is -2.06. The van der Waals surface area contributed by atoms with E-state index in [9.17, 15) is 0 Å². The topological polar surface area (TPSA) is 9.23 Å². The number of rotatable bonds is 5. The lowest BCUT2D eigenvalue weighted by Crippen LogP contribution is -1.99. The van der Waals surface area contributed by atoms with Gasteiger partial charge in [-0.05, 0) is 30.0 Å². The molecule has 0 radical (unpaired) electrons. The van der Waals surface area contributed by atoms with Gasteiger partial charge in [0, 0.05) is 11.6 Å². The highest BCUT2D eigenvalue weighted by atomic mass is 35.5. The standard InChI is InChI=1S/C12H17ClO/c1-10(2)7-8-14-9-11-3-5-12(13)6-4-11/h3-6,10H,7-9H2,1-2H3. The second-order valence-corrected chi connectivity index (χ2v) is 4.30. The molecule has 0 aliphatic heterocycles. The second-order valence-electron chi connectivity index (χ2n) is 3.86. The van der Waals surface area contributed by atoms with Crippen molar-refractivity contribution in [3.05, 3.63) is 34.9 Å². The van der Waals surface area contributed by atoms with Crippen LogP contribution >= 0.6 is 11.6 Å². The van der Waals surface area contributed by atoms with Crippen LogP contribution in [0.5, 0.6) is 0 Å². The molecule has 2 heteroatoms. The van der Waals surface area contributed by atoms with Crippen LogP contribution in [0.3, 0.4) is 0 Å². The first-order chi connectivity index (χ1) is 6.68. The largest absolute Gasteiger partial charge is 0.377 e. The highest BCUT2D eigenvalue weighted by molar-refractivity contribution is 6.30. The Morgan fingerprint density at radius 3 is 2.43 bits per heavy atom. The molecule has 0 fully saturated rings. The van der Waals surface area contributed by atoms with E-state index >= 15 is 0 Å². The maximum Gasteiger partial charge on any atom is 0.0716 e. The summed E-state index contributed by atoms with van der Waals surface area (Å²) in [6.07, 6.45) is 1.12. The molecule has 14 heavy (non-hydrogen) atoms. The molecule has 0 heterocycles. The molecule has 0 bridgehead atoms. The minimum Gasteiger partial charge on any atom is -0.377 e. The third-order valence-electron chi connectivity index (χ3n) is 2.02. The Labute approximate surface area is 91.0 Å². The van der Waals surface area contributed by atoms with Gasteiger partial charge in [0.25, 0.3) is 0 Å². The van der Waals surface area contributed by atoms with E-state index in [-0.39, 0.29) is 0 Å². The summed E-state index contributed by atoms with van der Waals surface area (Å²) in [6.45, 7) is 5.92. The number of halogens is 1. The molecule has 0 aromatic heterocycles. The average molecular weight is 213 g/mol. The van der Waals surface area contributed by atoms with E-state index in [0.29, 0.717) is 12.5 Å². The number of benzene rings is 1. The summed E-state index contributed by atoms with van der Waals surface area (Å²) in [4.78, 5) is 0. The minimum absolute atomic E-state index is 0.684. The molecule has 0 atom stereocenters. The zero-order valence-electron chi connectivity index (χ0n) is 8.79. The molecule has 0 saturated carbocycles. The molecule has 1 rings (SSSR count). The molecule has 1 nitrogen and oxygen atoms in total. The summed E-state index contributed by atoms with van der Waals surface area (Å²) in [5.41, 5.74) is 1.18. The maximum atomic E-state index is 5.77. The van der Waals surface area contributed by atoms with Gasteiger partial charge in [0.1, 0.15) is 0 Å². The molecule has 0 aliphatic rings. The van der Waals surface area contributed by atoms with Gasteiger partial charge in [-0.2, -0.15) is 0 Å². The van der Waals surface area contributed by atoms with E-state index in [0.717, 1.165) is 18.1 Å². The first kappa shape index (κ1) is 11.5. The molecule has 1 aromatic carbocycles. The lowest BCUT2D eigenvalue weighted by atomic mass is 10.1. The third kappa shape index (κ3) is 4.64. The van der Waals surface area contributed by atoms with Gasteiger partial charge in [0.2, 0.25) is 0 Å². The van der Waals surface area contributed by atoms with Crippen LogP contribution in [0, 0.1) is 5.92 Å². The molecule has 1 aromatic rings. The fourth-order valence-electron chi connectivity index (χ4n) is 1.09. The zero-order chi connectivity index (χ0) is 10.4. The van der Waals surface area contributed by atoms with Crippen molar-refractivity contribution < 1.29 is 4.74 Å². The van der Waals surface area contributed by atoms with Crippen molar-refractivity contribution in [1.29, 1.82) is 0 Å². The number of hydrogen-bond acceptors (Lipinski definition) is 1. The van der Waals surface area contributed by atoms with Crippen LogP contribution in [-0.2, 0) is 11.3 Å². The molecule has 0 saturated heterocycles. The van der Waals surface area contributed by atoms with Crippen molar-refractivity contribution >= 4 is 11.6 Å². The van der Waals surface area contributed by atoms with Crippen molar-refractivity contribution in [3.63, 3.8) is 0 Å². The van der Waals surface area contributed by atoms with Crippen molar-refractivity contribution in [1.82, 2.24) is 0 Å². The summed E-state index contributed by atoms with van der Waals surface area (Å²) >= 11 is 5.77. The van der Waals surface area contributed by atoms with E-state index in [1.54, 1.807) is 0 Å². The molecule has 0 spiro atoms. The van der Waals surface area contributed by atoms with Gasteiger partial charge in [-0.1, -0.05) is 37.6 Å². The van der Waals surface area contributed by atoms with Crippen LogP contribution in [0.15, 0.2) is 24.3 Å². The molecular formula is C12H17ClO. The fraction of sp³-hybridized carbons (Fsp3) is 0.500. The fourth-order valence-corrected chi connectivity index (χ4v) is 1.22. The SMILES string of the molecule is CC(C)CCOCc1ccc(Cl)cc1. The van der Waals surface area contributed by atoms with Crippen molar-refractivity contribution in [2.45, 2.75) is 26.9 Å². The molecule has 0 aliphatic carbocycles. The Hall–Kier alpha value is -0.530. The average Bonchev–Trinajstić information content (AvgIpc) is 2.15. The van der Waals surface area contributed by atoms with Gasteiger partial charge in [-0.3, -0.25) is 0 Å². The quantitative estimate of drug-likeness (QED) is 0.673. The van der Waals surface area contributed by atoms with E-state index in [4.69, 9.17) is 16.3 Å². The first-order valence-electron chi connectivity index (χ1n) is 5.00. The number of hydrogen-bond donors (Lipinski definition) is 0. The lowest BCUT2D eigenvalue weighted by molar-refractivity contribution is 0.110. The zero-order valence-corrected chi connectivity index (χ0v) is 9.55.